The van der Waals surface area contributed by atoms with Gasteiger partial charge in [0.15, 0.2) is 0 Å². The first kappa shape index (κ1) is 13.6. The van der Waals surface area contributed by atoms with E-state index in [2.05, 4.69) is 9.80 Å². The van der Waals surface area contributed by atoms with Gasteiger partial charge >= 0.3 is 0 Å². The van der Waals surface area contributed by atoms with E-state index >= 15 is 0 Å². The van der Waals surface area contributed by atoms with Crippen LogP contribution in [0.2, 0.25) is 0 Å². The van der Waals surface area contributed by atoms with E-state index in [0.717, 1.165) is 12.1 Å². The molecule has 3 aliphatic rings. The van der Waals surface area contributed by atoms with E-state index in [1.54, 1.807) is 0 Å². The van der Waals surface area contributed by atoms with Crippen LogP contribution in [0.1, 0.15) is 64.2 Å². The quantitative estimate of drug-likeness (QED) is 0.747. The van der Waals surface area contributed by atoms with Gasteiger partial charge in [-0.2, -0.15) is 0 Å². The van der Waals surface area contributed by atoms with Gasteiger partial charge in [0, 0.05) is 12.1 Å². The summed E-state index contributed by atoms with van der Waals surface area (Å²) in [4.78, 5) is 5.46. The van der Waals surface area contributed by atoms with Crippen LogP contribution in [-0.2, 0) is 0 Å². The molecule has 3 rings (SSSR count). The van der Waals surface area contributed by atoms with Crippen molar-refractivity contribution in [3.05, 3.63) is 0 Å². The summed E-state index contributed by atoms with van der Waals surface area (Å²) in [6.07, 6.45) is 14.8. The molecule has 1 heterocycles. The Morgan fingerprint density at radius 1 is 0.529 bits per heavy atom. The van der Waals surface area contributed by atoms with E-state index in [4.69, 9.17) is 0 Å². The SMILES string of the molecule is C1CCC(N2CN(C3CCCCC3)C2)CC1.Cl. The molecule has 3 heteroatoms. The lowest BCUT2D eigenvalue weighted by molar-refractivity contribution is -0.0991. The molecule has 0 amide bonds. The highest BCUT2D eigenvalue weighted by Crippen LogP contribution is 2.30. The van der Waals surface area contributed by atoms with Crippen LogP contribution in [0.25, 0.3) is 0 Å². The van der Waals surface area contributed by atoms with Gasteiger partial charge in [0.25, 0.3) is 0 Å². The predicted molar refractivity (Wildman–Crippen MR) is 74.4 cm³/mol. The summed E-state index contributed by atoms with van der Waals surface area (Å²) in [5, 5.41) is 0. The van der Waals surface area contributed by atoms with E-state index in [0.29, 0.717) is 0 Å². The fourth-order valence-corrected chi connectivity index (χ4v) is 3.78. The van der Waals surface area contributed by atoms with Crippen LogP contribution in [0, 0.1) is 0 Å². The normalized spacial score (nSPS) is 29.6. The molecule has 3 fully saturated rings. The third kappa shape index (κ3) is 3.15. The molecule has 1 saturated heterocycles. The monoisotopic (exact) mass is 258 g/mol. The van der Waals surface area contributed by atoms with Gasteiger partial charge in [0.05, 0.1) is 13.3 Å². The van der Waals surface area contributed by atoms with Crippen molar-refractivity contribution in [1.29, 1.82) is 0 Å². The Kier molecular flexibility index (Phi) is 5.13. The molecule has 1 aliphatic heterocycles. The van der Waals surface area contributed by atoms with Crippen molar-refractivity contribution >= 4 is 12.4 Å². The summed E-state index contributed by atoms with van der Waals surface area (Å²) in [6, 6.07) is 1.88. The van der Waals surface area contributed by atoms with Crippen LogP contribution in [0.3, 0.4) is 0 Å². The summed E-state index contributed by atoms with van der Waals surface area (Å²) < 4.78 is 0. The first-order valence-electron chi connectivity index (χ1n) is 7.41. The average Bonchev–Trinajstić information content (AvgIpc) is 2.30. The molecule has 0 radical (unpaired) electrons. The summed E-state index contributed by atoms with van der Waals surface area (Å²) in [6.45, 7) is 2.57. The van der Waals surface area contributed by atoms with Crippen LogP contribution < -0.4 is 0 Å². The standard InChI is InChI=1S/C14H26N2.ClH/c1-3-7-13(8-4-1)15-11-16(12-15)14-9-5-2-6-10-14;/h13-14H,1-12H2;1H. The zero-order valence-corrected chi connectivity index (χ0v) is 11.8. The molecule has 0 spiro atoms. The third-order valence-electron chi connectivity index (χ3n) is 4.91. The minimum absolute atomic E-state index is 0. The van der Waals surface area contributed by atoms with E-state index in [9.17, 15) is 0 Å². The molecule has 0 N–H and O–H groups in total. The maximum atomic E-state index is 2.73. The Morgan fingerprint density at radius 2 is 0.882 bits per heavy atom. The second-order valence-corrected chi connectivity index (χ2v) is 6.04. The lowest BCUT2D eigenvalue weighted by Gasteiger charge is -2.51. The van der Waals surface area contributed by atoms with E-state index in [-0.39, 0.29) is 12.4 Å². The molecule has 2 aliphatic carbocycles. The number of halogens is 1. The summed E-state index contributed by atoms with van der Waals surface area (Å²) in [5.74, 6) is 0. The highest BCUT2D eigenvalue weighted by molar-refractivity contribution is 5.85. The van der Waals surface area contributed by atoms with Crippen molar-refractivity contribution in [3.63, 3.8) is 0 Å². The van der Waals surface area contributed by atoms with Gasteiger partial charge < -0.3 is 0 Å². The largest absolute Gasteiger partial charge is 0.274 e. The van der Waals surface area contributed by atoms with Crippen LogP contribution >= 0.6 is 12.4 Å². The van der Waals surface area contributed by atoms with Crippen molar-refractivity contribution in [2.45, 2.75) is 76.3 Å². The number of hydrogen-bond acceptors (Lipinski definition) is 2. The number of rotatable bonds is 2. The fraction of sp³-hybridized carbons (Fsp3) is 1.00. The highest BCUT2D eigenvalue weighted by Gasteiger charge is 2.35. The second-order valence-electron chi connectivity index (χ2n) is 6.04. The molecule has 2 saturated carbocycles. The molecule has 0 atom stereocenters. The lowest BCUT2D eigenvalue weighted by Crippen LogP contribution is -2.62. The average molecular weight is 259 g/mol. The topological polar surface area (TPSA) is 6.48 Å². The summed E-state index contributed by atoms with van der Waals surface area (Å²) in [7, 11) is 0. The summed E-state index contributed by atoms with van der Waals surface area (Å²) >= 11 is 0. The molecule has 0 aromatic carbocycles. The van der Waals surface area contributed by atoms with Crippen LogP contribution in [-0.4, -0.2) is 35.2 Å². The Bertz CT molecular complexity index is 194. The smallest absolute Gasteiger partial charge is 0.0535 e. The second kappa shape index (κ2) is 6.40. The fourth-order valence-electron chi connectivity index (χ4n) is 3.78. The summed E-state index contributed by atoms with van der Waals surface area (Å²) in [5.41, 5.74) is 0. The van der Waals surface area contributed by atoms with Gasteiger partial charge in [-0.1, -0.05) is 38.5 Å². The van der Waals surface area contributed by atoms with Gasteiger partial charge in [0.2, 0.25) is 0 Å². The Morgan fingerprint density at radius 3 is 1.24 bits per heavy atom. The minimum atomic E-state index is 0. The van der Waals surface area contributed by atoms with Crippen molar-refractivity contribution < 1.29 is 0 Å². The van der Waals surface area contributed by atoms with Gasteiger partial charge in [0.1, 0.15) is 0 Å². The number of nitrogens with zero attached hydrogens (tertiary/aromatic N) is 2. The third-order valence-corrected chi connectivity index (χ3v) is 4.91. The first-order chi connectivity index (χ1) is 7.93. The molecule has 0 unspecified atom stereocenters. The van der Waals surface area contributed by atoms with Crippen molar-refractivity contribution in [2.75, 3.05) is 13.3 Å². The minimum Gasteiger partial charge on any atom is -0.274 e. The zero-order valence-electron chi connectivity index (χ0n) is 10.9. The molecule has 17 heavy (non-hydrogen) atoms. The molecular formula is C14H27ClN2. The molecule has 2 nitrogen and oxygen atoms in total. The highest BCUT2D eigenvalue weighted by atomic mass is 35.5. The van der Waals surface area contributed by atoms with Crippen molar-refractivity contribution in [1.82, 2.24) is 9.80 Å². The Labute approximate surface area is 112 Å². The molecule has 100 valence electrons. The Balaban J connectivity index is 0.00000108. The molecular weight excluding hydrogens is 232 g/mol. The van der Waals surface area contributed by atoms with E-state index < -0.39 is 0 Å². The lowest BCUT2D eigenvalue weighted by atomic mass is 9.92. The van der Waals surface area contributed by atoms with Gasteiger partial charge in [-0.3, -0.25) is 9.80 Å². The van der Waals surface area contributed by atoms with Crippen LogP contribution in [0.15, 0.2) is 0 Å². The van der Waals surface area contributed by atoms with Crippen molar-refractivity contribution in [3.8, 4) is 0 Å². The molecule has 0 bridgehead atoms. The van der Waals surface area contributed by atoms with E-state index in [1.165, 1.54) is 77.5 Å². The van der Waals surface area contributed by atoms with Crippen molar-refractivity contribution in [2.24, 2.45) is 0 Å². The maximum Gasteiger partial charge on any atom is 0.0535 e. The first-order valence-corrected chi connectivity index (χ1v) is 7.41. The predicted octanol–water partition coefficient (Wildman–Crippen LogP) is 3.61. The van der Waals surface area contributed by atoms with Gasteiger partial charge in [-0.25, -0.2) is 0 Å². The van der Waals surface area contributed by atoms with Crippen LogP contribution in [0.4, 0.5) is 0 Å². The molecule has 0 aromatic rings. The van der Waals surface area contributed by atoms with Crippen LogP contribution in [0.5, 0.6) is 0 Å². The Hall–Kier alpha value is 0.210. The zero-order chi connectivity index (χ0) is 10.8. The number of hydrogen-bond donors (Lipinski definition) is 0. The van der Waals surface area contributed by atoms with E-state index in [1.807, 2.05) is 0 Å². The molecule has 0 aromatic heterocycles. The van der Waals surface area contributed by atoms with Gasteiger partial charge in [-0.15, -0.1) is 12.4 Å². The maximum absolute atomic E-state index is 2.73. The van der Waals surface area contributed by atoms with Gasteiger partial charge in [-0.05, 0) is 25.7 Å².